The second-order valence-corrected chi connectivity index (χ2v) is 7.51. The van der Waals surface area contributed by atoms with Crippen molar-refractivity contribution in [1.82, 2.24) is 15.3 Å². The molecule has 0 aliphatic carbocycles. The van der Waals surface area contributed by atoms with Gasteiger partial charge in [0.05, 0.1) is 17.3 Å². The zero-order chi connectivity index (χ0) is 16.2. The fourth-order valence-electron chi connectivity index (χ4n) is 2.20. The van der Waals surface area contributed by atoms with Crippen molar-refractivity contribution in [2.24, 2.45) is 0 Å². The van der Waals surface area contributed by atoms with Crippen molar-refractivity contribution in [2.45, 2.75) is 30.7 Å². The summed E-state index contributed by atoms with van der Waals surface area (Å²) in [5.41, 5.74) is 0.911. The monoisotopic (exact) mass is 343 g/mol. The Morgan fingerprint density at radius 3 is 2.87 bits per heavy atom. The molecule has 1 atom stereocenters. The predicted octanol–water partition coefficient (Wildman–Crippen LogP) is 3.80. The van der Waals surface area contributed by atoms with E-state index in [4.69, 9.17) is 0 Å². The maximum Gasteiger partial charge on any atom is 0.233 e. The Kier molecular flexibility index (Phi) is 4.93. The van der Waals surface area contributed by atoms with Crippen molar-refractivity contribution >= 4 is 39.9 Å². The summed E-state index contributed by atoms with van der Waals surface area (Å²) in [6, 6.07) is 11.9. The number of carbonyl (C=O) groups is 1. The van der Waals surface area contributed by atoms with Crippen molar-refractivity contribution in [2.75, 3.05) is 0 Å². The Labute approximate surface area is 143 Å². The molecule has 0 saturated carbocycles. The Hall–Kier alpha value is -1.92. The number of nitrogens with one attached hydrogen (secondary N) is 1. The van der Waals surface area contributed by atoms with E-state index in [0.717, 1.165) is 26.6 Å². The largest absolute Gasteiger partial charge is 0.350 e. The Morgan fingerprint density at radius 1 is 1.26 bits per heavy atom. The first-order chi connectivity index (χ1) is 11.1. The average Bonchev–Trinajstić information content (AvgIpc) is 3.05. The highest BCUT2D eigenvalue weighted by atomic mass is 32.2. The first kappa shape index (κ1) is 16.0. The number of thioether (sulfide) groups is 1. The summed E-state index contributed by atoms with van der Waals surface area (Å²) in [6.07, 6.45) is 0. The van der Waals surface area contributed by atoms with Gasteiger partial charge in [-0.15, -0.1) is 11.3 Å². The van der Waals surface area contributed by atoms with E-state index in [1.807, 2.05) is 55.6 Å². The van der Waals surface area contributed by atoms with Crippen LogP contribution in [-0.2, 0) is 11.3 Å². The Bertz CT molecular complexity index is 818. The summed E-state index contributed by atoms with van der Waals surface area (Å²) < 4.78 is 0. The fourth-order valence-corrected chi connectivity index (χ4v) is 3.85. The molecule has 0 bridgehead atoms. The lowest BCUT2D eigenvalue weighted by Crippen LogP contribution is -2.30. The van der Waals surface area contributed by atoms with Crippen molar-refractivity contribution in [3.05, 3.63) is 52.5 Å². The standard InChI is InChI=1S/C17H17N3OS2/c1-11(16(21)18-10-13-6-5-9-22-13)23-17-14-7-3-4-8-15(14)19-12(2)20-17/h3-9,11H,10H2,1-2H3,(H,18,21)/t11-/m0/s1. The van der Waals surface area contributed by atoms with Crippen molar-refractivity contribution in [3.8, 4) is 0 Å². The van der Waals surface area contributed by atoms with Crippen LogP contribution in [0.5, 0.6) is 0 Å². The minimum Gasteiger partial charge on any atom is -0.350 e. The van der Waals surface area contributed by atoms with Crippen LogP contribution in [0.3, 0.4) is 0 Å². The number of para-hydroxylation sites is 1. The molecule has 2 aromatic heterocycles. The van der Waals surface area contributed by atoms with Gasteiger partial charge in [0.2, 0.25) is 5.91 Å². The van der Waals surface area contributed by atoms with Gasteiger partial charge in [-0.3, -0.25) is 4.79 Å². The van der Waals surface area contributed by atoms with E-state index < -0.39 is 0 Å². The van der Waals surface area contributed by atoms with E-state index in [0.29, 0.717) is 6.54 Å². The lowest BCUT2D eigenvalue weighted by molar-refractivity contribution is -0.120. The normalized spacial score (nSPS) is 12.3. The number of benzene rings is 1. The van der Waals surface area contributed by atoms with Crippen LogP contribution in [0.15, 0.2) is 46.8 Å². The molecule has 0 spiro atoms. The molecule has 0 saturated heterocycles. The van der Waals surface area contributed by atoms with E-state index >= 15 is 0 Å². The first-order valence-electron chi connectivity index (χ1n) is 7.33. The van der Waals surface area contributed by atoms with Crippen molar-refractivity contribution < 1.29 is 4.79 Å². The lowest BCUT2D eigenvalue weighted by atomic mass is 10.2. The number of nitrogens with zero attached hydrogens (tertiary/aromatic N) is 2. The van der Waals surface area contributed by atoms with Crippen LogP contribution in [0.1, 0.15) is 17.6 Å². The van der Waals surface area contributed by atoms with Gasteiger partial charge < -0.3 is 5.32 Å². The molecule has 0 radical (unpaired) electrons. The quantitative estimate of drug-likeness (QED) is 0.565. The zero-order valence-electron chi connectivity index (χ0n) is 12.9. The average molecular weight is 343 g/mol. The maximum absolute atomic E-state index is 12.3. The highest BCUT2D eigenvalue weighted by Gasteiger charge is 2.17. The van der Waals surface area contributed by atoms with Crippen LogP contribution < -0.4 is 5.32 Å². The molecule has 0 aliphatic heterocycles. The summed E-state index contributed by atoms with van der Waals surface area (Å²) in [4.78, 5) is 22.4. The second-order valence-electron chi connectivity index (χ2n) is 5.15. The van der Waals surface area contributed by atoms with Gasteiger partial charge in [-0.05, 0) is 31.4 Å². The number of hydrogen-bond acceptors (Lipinski definition) is 5. The van der Waals surface area contributed by atoms with Gasteiger partial charge in [0.25, 0.3) is 0 Å². The van der Waals surface area contributed by atoms with Gasteiger partial charge in [-0.2, -0.15) is 0 Å². The van der Waals surface area contributed by atoms with Gasteiger partial charge in [0.15, 0.2) is 0 Å². The molecule has 23 heavy (non-hydrogen) atoms. The number of fused-ring (bicyclic) bond motifs is 1. The fraction of sp³-hybridized carbons (Fsp3) is 0.235. The van der Waals surface area contributed by atoms with Gasteiger partial charge in [-0.25, -0.2) is 9.97 Å². The predicted molar refractivity (Wildman–Crippen MR) is 95.8 cm³/mol. The lowest BCUT2D eigenvalue weighted by Gasteiger charge is -2.12. The molecular weight excluding hydrogens is 326 g/mol. The number of aromatic nitrogens is 2. The molecule has 1 amide bonds. The van der Waals surface area contributed by atoms with E-state index in [1.54, 1.807) is 11.3 Å². The van der Waals surface area contributed by atoms with Gasteiger partial charge >= 0.3 is 0 Å². The van der Waals surface area contributed by atoms with Crippen molar-refractivity contribution in [1.29, 1.82) is 0 Å². The third-order valence-electron chi connectivity index (χ3n) is 3.35. The number of rotatable bonds is 5. The zero-order valence-corrected chi connectivity index (χ0v) is 14.6. The molecular formula is C17H17N3OS2. The van der Waals surface area contributed by atoms with Crippen LogP contribution >= 0.6 is 23.1 Å². The van der Waals surface area contributed by atoms with E-state index in [9.17, 15) is 4.79 Å². The number of aryl methyl sites for hydroxylation is 1. The Morgan fingerprint density at radius 2 is 2.09 bits per heavy atom. The van der Waals surface area contributed by atoms with Crippen LogP contribution in [0.2, 0.25) is 0 Å². The van der Waals surface area contributed by atoms with Gasteiger partial charge in [0.1, 0.15) is 10.9 Å². The molecule has 4 nitrogen and oxygen atoms in total. The van der Waals surface area contributed by atoms with Crippen LogP contribution in [0, 0.1) is 6.92 Å². The summed E-state index contributed by atoms with van der Waals surface area (Å²) in [5.74, 6) is 0.737. The van der Waals surface area contributed by atoms with Gasteiger partial charge in [0, 0.05) is 10.3 Å². The number of hydrogen-bond donors (Lipinski definition) is 1. The van der Waals surface area contributed by atoms with E-state index in [2.05, 4.69) is 15.3 Å². The summed E-state index contributed by atoms with van der Waals surface area (Å²) in [7, 11) is 0. The molecule has 118 valence electrons. The topological polar surface area (TPSA) is 54.9 Å². The SMILES string of the molecule is Cc1nc(S[C@@H](C)C(=O)NCc2cccs2)c2ccccc2n1. The molecule has 2 heterocycles. The Balaban J connectivity index is 1.72. The van der Waals surface area contributed by atoms with Crippen LogP contribution in [-0.4, -0.2) is 21.1 Å². The molecule has 3 aromatic rings. The minimum absolute atomic E-state index is 0.0174. The summed E-state index contributed by atoms with van der Waals surface area (Å²) in [6.45, 7) is 4.35. The molecule has 0 aliphatic rings. The van der Waals surface area contributed by atoms with Gasteiger partial charge in [-0.1, -0.05) is 36.0 Å². The number of carbonyl (C=O) groups excluding carboxylic acids is 1. The van der Waals surface area contributed by atoms with Crippen molar-refractivity contribution in [3.63, 3.8) is 0 Å². The molecule has 1 aromatic carbocycles. The maximum atomic E-state index is 12.3. The number of thiophene rings is 1. The molecule has 3 rings (SSSR count). The molecule has 1 N–H and O–H groups in total. The van der Waals surface area contributed by atoms with Crippen LogP contribution in [0.4, 0.5) is 0 Å². The van der Waals surface area contributed by atoms with E-state index in [-0.39, 0.29) is 11.2 Å². The third kappa shape index (κ3) is 3.89. The summed E-state index contributed by atoms with van der Waals surface area (Å²) in [5, 5.41) is 6.61. The molecule has 0 unspecified atom stereocenters. The molecule has 6 heteroatoms. The second kappa shape index (κ2) is 7.10. The van der Waals surface area contributed by atoms with E-state index in [1.165, 1.54) is 11.8 Å². The smallest absolute Gasteiger partial charge is 0.233 e. The minimum atomic E-state index is -0.215. The highest BCUT2D eigenvalue weighted by molar-refractivity contribution is 8.00. The third-order valence-corrected chi connectivity index (χ3v) is 5.33. The summed E-state index contributed by atoms with van der Waals surface area (Å²) >= 11 is 3.12. The molecule has 0 fully saturated rings. The highest BCUT2D eigenvalue weighted by Crippen LogP contribution is 2.28. The van der Waals surface area contributed by atoms with Crippen LogP contribution in [0.25, 0.3) is 10.9 Å². The first-order valence-corrected chi connectivity index (χ1v) is 9.09. The number of amides is 1.